The number of nitrogens with zero attached hydrogens (tertiary/aromatic N) is 1. The zero-order valence-corrected chi connectivity index (χ0v) is 14.5. The Bertz CT molecular complexity index is 823. The summed E-state index contributed by atoms with van der Waals surface area (Å²) in [5, 5.41) is 13.5. The molecule has 0 bridgehead atoms. The second-order valence-electron chi connectivity index (χ2n) is 5.12. The van der Waals surface area contributed by atoms with Crippen molar-refractivity contribution in [2.24, 2.45) is 0 Å². The number of esters is 1. The number of nitro benzene ring substituents is 1. The van der Waals surface area contributed by atoms with Gasteiger partial charge in [-0.15, -0.1) is 0 Å². The van der Waals surface area contributed by atoms with Crippen LogP contribution in [0.3, 0.4) is 0 Å². The third-order valence-electron chi connectivity index (χ3n) is 3.34. The van der Waals surface area contributed by atoms with Crippen LogP contribution in [-0.4, -0.2) is 30.5 Å². The van der Waals surface area contributed by atoms with E-state index in [0.717, 1.165) is 0 Å². The number of halogens is 1. The SMILES string of the molecule is COC(=O)c1cc(Cl)ccc1OCC(=O)NCc1ccc([N+](=O)[O-])cc1. The second kappa shape index (κ2) is 8.82. The van der Waals surface area contributed by atoms with Crippen LogP contribution in [0.2, 0.25) is 5.02 Å². The van der Waals surface area contributed by atoms with Crippen molar-refractivity contribution < 1.29 is 24.0 Å². The first-order valence-corrected chi connectivity index (χ1v) is 7.79. The Morgan fingerprint density at radius 1 is 1.19 bits per heavy atom. The Kier molecular flexibility index (Phi) is 6.51. The van der Waals surface area contributed by atoms with Crippen LogP contribution in [0.25, 0.3) is 0 Å². The Morgan fingerprint density at radius 3 is 2.50 bits per heavy atom. The van der Waals surface area contributed by atoms with Gasteiger partial charge in [-0.1, -0.05) is 23.7 Å². The smallest absolute Gasteiger partial charge is 0.341 e. The molecule has 8 nitrogen and oxygen atoms in total. The second-order valence-corrected chi connectivity index (χ2v) is 5.56. The zero-order chi connectivity index (χ0) is 19.1. The number of rotatable bonds is 7. The van der Waals surface area contributed by atoms with E-state index >= 15 is 0 Å². The standard InChI is InChI=1S/C17H15ClN2O6/c1-25-17(22)14-8-12(18)4-7-15(14)26-10-16(21)19-9-11-2-5-13(6-3-11)20(23)24/h2-8H,9-10H2,1H3,(H,19,21). The van der Waals surface area contributed by atoms with Crippen LogP contribution in [0.5, 0.6) is 5.75 Å². The van der Waals surface area contributed by atoms with E-state index in [2.05, 4.69) is 10.1 Å². The first kappa shape index (κ1) is 19.2. The quantitative estimate of drug-likeness (QED) is 0.451. The molecule has 136 valence electrons. The van der Waals surface area contributed by atoms with E-state index in [1.54, 1.807) is 12.1 Å². The van der Waals surface area contributed by atoms with E-state index in [4.69, 9.17) is 16.3 Å². The minimum Gasteiger partial charge on any atom is -0.483 e. The Balaban J connectivity index is 1.91. The number of non-ortho nitro benzene ring substituents is 1. The van der Waals surface area contributed by atoms with Crippen LogP contribution in [0.15, 0.2) is 42.5 Å². The lowest BCUT2D eigenvalue weighted by atomic mass is 10.2. The van der Waals surface area contributed by atoms with Crippen molar-refractivity contribution in [3.8, 4) is 5.75 Å². The molecule has 0 spiro atoms. The topological polar surface area (TPSA) is 108 Å². The minimum absolute atomic E-state index is 0.0264. The molecule has 26 heavy (non-hydrogen) atoms. The highest BCUT2D eigenvalue weighted by Crippen LogP contribution is 2.23. The van der Waals surface area contributed by atoms with Gasteiger partial charge in [0, 0.05) is 23.7 Å². The Morgan fingerprint density at radius 2 is 1.88 bits per heavy atom. The van der Waals surface area contributed by atoms with Gasteiger partial charge in [0.05, 0.1) is 12.0 Å². The summed E-state index contributed by atoms with van der Waals surface area (Å²) in [6.45, 7) is -0.136. The fraction of sp³-hybridized carbons (Fsp3) is 0.176. The number of amides is 1. The molecule has 9 heteroatoms. The maximum Gasteiger partial charge on any atom is 0.341 e. The highest BCUT2D eigenvalue weighted by molar-refractivity contribution is 6.31. The lowest BCUT2D eigenvalue weighted by Crippen LogP contribution is -2.28. The lowest BCUT2D eigenvalue weighted by molar-refractivity contribution is -0.384. The summed E-state index contributed by atoms with van der Waals surface area (Å²) in [6.07, 6.45) is 0. The predicted molar refractivity (Wildman–Crippen MR) is 93.2 cm³/mol. The molecule has 0 aliphatic heterocycles. The van der Waals surface area contributed by atoms with Crippen molar-refractivity contribution >= 4 is 29.2 Å². The first-order chi connectivity index (χ1) is 12.4. The average molecular weight is 379 g/mol. The molecule has 2 aromatic carbocycles. The third-order valence-corrected chi connectivity index (χ3v) is 3.58. The van der Waals surface area contributed by atoms with Crippen LogP contribution in [0.4, 0.5) is 5.69 Å². The van der Waals surface area contributed by atoms with Gasteiger partial charge in [-0.3, -0.25) is 14.9 Å². The molecule has 1 amide bonds. The fourth-order valence-corrected chi connectivity index (χ4v) is 2.20. The lowest BCUT2D eigenvalue weighted by Gasteiger charge is -2.11. The van der Waals surface area contributed by atoms with Gasteiger partial charge in [-0.05, 0) is 23.8 Å². The maximum absolute atomic E-state index is 11.9. The first-order valence-electron chi connectivity index (χ1n) is 7.41. The summed E-state index contributed by atoms with van der Waals surface area (Å²) in [5.74, 6) is -0.880. The number of ether oxygens (including phenoxy) is 2. The van der Waals surface area contributed by atoms with Crippen molar-refractivity contribution in [3.63, 3.8) is 0 Å². The number of carbonyl (C=O) groups excluding carboxylic acids is 2. The molecular formula is C17H15ClN2O6. The number of methoxy groups -OCH3 is 1. The molecule has 0 saturated heterocycles. The summed E-state index contributed by atoms with van der Waals surface area (Å²) in [6, 6.07) is 10.2. The van der Waals surface area contributed by atoms with Crippen LogP contribution >= 0.6 is 11.6 Å². The number of carbonyl (C=O) groups is 2. The van der Waals surface area contributed by atoms with Crippen molar-refractivity contribution in [1.82, 2.24) is 5.32 Å². The van der Waals surface area contributed by atoms with Gasteiger partial charge < -0.3 is 14.8 Å². The molecule has 1 N–H and O–H groups in total. The fourth-order valence-electron chi connectivity index (χ4n) is 2.03. The van der Waals surface area contributed by atoms with Crippen LogP contribution in [0, 0.1) is 10.1 Å². The molecule has 0 aromatic heterocycles. The maximum atomic E-state index is 11.9. The van der Waals surface area contributed by atoms with E-state index < -0.39 is 16.8 Å². The molecular weight excluding hydrogens is 364 g/mol. The number of benzene rings is 2. The molecule has 0 radical (unpaired) electrons. The van der Waals surface area contributed by atoms with Gasteiger partial charge in [0.1, 0.15) is 11.3 Å². The molecule has 0 saturated carbocycles. The van der Waals surface area contributed by atoms with Crippen LogP contribution < -0.4 is 10.1 Å². The summed E-state index contributed by atoms with van der Waals surface area (Å²) in [7, 11) is 1.23. The van der Waals surface area contributed by atoms with Crippen molar-refractivity contribution in [1.29, 1.82) is 0 Å². The highest BCUT2D eigenvalue weighted by Gasteiger charge is 2.15. The van der Waals surface area contributed by atoms with Gasteiger partial charge in [0.2, 0.25) is 0 Å². The van der Waals surface area contributed by atoms with E-state index in [1.165, 1.54) is 37.4 Å². The number of nitro groups is 1. The molecule has 0 aliphatic rings. The zero-order valence-electron chi connectivity index (χ0n) is 13.7. The summed E-state index contributed by atoms with van der Waals surface area (Å²) < 4.78 is 10.00. The molecule has 0 aliphatic carbocycles. The van der Waals surface area contributed by atoms with Crippen LogP contribution in [0.1, 0.15) is 15.9 Å². The van der Waals surface area contributed by atoms with Crippen molar-refractivity contribution in [2.75, 3.05) is 13.7 Å². The largest absolute Gasteiger partial charge is 0.483 e. The highest BCUT2D eigenvalue weighted by atomic mass is 35.5. The van der Waals surface area contributed by atoms with Gasteiger partial charge in [-0.2, -0.15) is 0 Å². The van der Waals surface area contributed by atoms with Crippen LogP contribution in [-0.2, 0) is 16.1 Å². The molecule has 0 heterocycles. The molecule has 2 rings (SSSR count). The molecule has 0 atom stereocenters. The van der Waals surface area contributed by atoms with E-state index in [0.29, 0.717) is 10.6 Å². The predicted octanol–water partition coefficient (Wildman–Crippen LogP) is 2.73. The molecule has 0 unspecified atom stereocenters. The van der Waals surface area contributed by atoms with Crippen molar-refractivity contribution in [2.45, 2.75) is 6.54 Å². The van der Waals surface area contributed by atoms with E-state index in [9.17, 15) is 19.7 Å². The molecule has 0 fully saturated rings. The number of nitrogens with one attached hydrogen (secondary N) is 1. The minimum atomic E-state index is -0.631. The monoisotopic (exact) mass is 378 g/mol. The third kappa shape index (κ3) is 5.18. The Labute approximate surface area is 153 Å². The number of hydrogen-bond acceptors (Lipinski definition) is 6. The average Bonchev–Trinajstić information content (AvgIpc) is 2.64. The van der Waals surface area contributed by atoms with Gasteiger partial charge in [-0.25, -0.2) is 4.79 Å². The van der Waals surface area contributed by atoms with Crippen molar-refractivity contribution in [3.05, 3.63) is 68.7 Å². The summed E-state index contributed by atoms with van der Waals surface area (Å²) in [5.41, 5.74) is 0.787. The number of hydrogen-bond donors (Lipinski definition) is 1. The molecule has 2 aromatic rings. The van der Waals surface area contributed by atoms with E-state index in [1.807, 2.05) is 0 Å². The summed E-state index contributed by atoms with van der Waals surface area (Å²) >= 11 is 5.84. The Hall–Kier alpha value is -3.13. The van der Waals surface area contributed by atoms with E-state index in [-0.39, 0.29) is 30.2 Å². The van der Waals surface area contributed by atoms with Gasteiger partial charge >= 0.3 is 5.97 Å². The van der Waals surface area contributed by atoms with Gasteiger partial charge in [0.25, 0.3) is 11.6 Å². The normalized spacial score (nSPS) is 10.1. The van der Waals surface area contributed by atoms with Gasteiger partial charge in [0.15, 0.2) is 6.61 Å². The summed E-state index contributed by atoms with van der Waals surface area (Å²) in [4.78, 5) is 33.7.